The van der Waals surface area contributed by atoms with Gasteiger partial charge in [0.05, 0.1) is 6.10 Å². The van der Waals surface area contributed by atoms with Crippen molar-refractivity contribution in [2.75, 3.05) is 6.54 Å². The number of hydrogen-bond donors (Lipinski definition) is 2. The molecule has 0 bridgehead atoms. The third kappa shape index (κ3) is 5.15. The number of benzene rings is 1. The number of aliphatic hydroxyl groups is 1. The maximum atomic E-state index is 12.2. The first-order valence-corrected chi connectivity index (χ1v) is 8.61. The van der Waals surface area contributed by atoms with Crippen molar-refractivity contribution < 1.29 is 9.90 Å². The van der Waals surface area contributed by atoms with Crippen molar-refractivity contribution in [1.82, 2.24) is 5.32 Å². The van der Waals surface area contributed by atoms with Gasteiger partial charge in [0.1, 0.15) is 0 Å². The average molecular weight is 344 g/mol. The molecule has 0 radical (unpaired) electrons. The summed E-state index contributed by atoms with van der Waals surface area (Å²) in [6.45, 7) is 2.55. The van der Waals surface area contributed by atoms with Crippen molar-refractivity contribution in [3.63, 3.8) is 0 Å². The summed E-state index contributed by atoms with van der Waals surface area (Å²) in [4.78, 5) is 12.2. The summed E-state index contributed by atoms with van der Waals surface area (Å²) in [6, 6.07) is 5.36. The summed E-state index contributed by atoms with van der Waals surface area (Å²) in [5, 5.41) is 13.9. The van der Waals surface area contributed by atoms with E-state index < -0.39 is 0 Å². The maximum absolute atomic E-state index is 12.2. The summed E-state index contributed by atoms with van der Waals surface area (Å²) in [5.41, 5.74) is 0.932. The fourth-order valence-electron chi connectivity index (χ4n) is 2.98. The van der Waals surface area contributed by atoms with E-state index in [9.17, 15) is 9.90 Å². The molecule has 3 unspecified atom stereocenters. The maximum Gasteiger partial charge on any atom is 0.223 e. The zero-order valence-electron chi connectivity index (χ0n) is 12.8. The van der Waals surface area contributed by atoms with Crippen molar-refractivity contribution in [3.05, 3.63) is 33.8 Å². The van der Waals surface area contributed by atoms with Crippen molar-refractivity contribution in [2.24, 2.45) is 11.8 Å². The van der Waals surface area contributed by atoms with Gasteiger partial charge in [-0.1, -0.05) is 42.6 Å². The summed E-state index contributed by atoms with van der Waals surface area (Å²) in [7, 11) is 0. The van der Waals surface area contributed by atoms with Crippen LogP contribution in [0.2, 0.25) is 10.0 Å². The number of carbonyl (C=O) groups excluding carboxylic acids is 1. The van der Waals surface area contributed by atoms with E-state index in [1.165, 1.54) is 0 Å². The van der Waals surface area contributed by atoms with Crippen LogP contribution >= 0.6 is 23.2 Å². The Hall–Kier alpha value is -0.770. The second kappa shape index (κ2) is 8.19. The van der Waals surface area contributed by atoms with E-state index in [1.807, 2.05) is 13.0 Å². The van der Waals surface area contributed by atoms with Crippen LogP contribution in [-0.4, -0.2) is 23.7 Å². The first-order chi connectivity index (χ1) is 10.5. The lowest BCUT2D eigenvalue weighted by Gasteiger charge is -2.26. The van der Waals surface area contributed by atoms with Crippen LogP contribution in [0.15, 0.2) is 18.2 Å². The molecule has 2 N–H and O–H groups in total. The molecule has 1 saturated carbocycles. The van der Waals surface area contributed by atoms with E-state index >= 15 is 0 Å². The van der Waals surface area contributed by atoms with Crippen LogP contribution in [0.25, 0.3) is 0 Å². The van der Waals surface area contributed by atoms with Crippen molar-refractivity contribution in [1.29, 1.82) is 0 Å². The molecule has 1 aromatic rings. The van der Waals surface area contributed by atoms with Gasteiger partial charge in [0.25, 0.3) is 0 Å². The third-order valence-electron chi connectivity index (χ3n) is 4.31. The molecular formula is C17H23Cl2NO2. The second-order valence-electron chi connectivity index (χ2n) is 6.27. The van der Waals surface area contributed by atoms with E-state index in [2.05, 4.69) is 5.32 Å². The molecule has 3 nitrogen and oxygen atoms in total. The summed E-state index contributed by atoms with van der Waals surface area (Å²) < 4.78 is 0. The van der Waals surface area contributed by atoms with Crippen LogP contribution in [0.1, 0.15) is 38.2 Å². The van der Waals surface area contributed by atoms with E-state index in [0.29, 0.717) is 28.9 Å². The largest absolute Gasteiger partial charge is 0.393 e. The number of hydrogen-bond acceptors (Lipinski definition) is 2. The topological polar surface area (TPSA) is 49.3 Å². The normalized spacial score (nSPS) is 23.1. The van der Waals surface area contributed by atoms with Gasteiger partial charge in [-0.25, -0.2) is 0 Å². The lowest BCUT2D eigenvalue weighted by Crippen LogP contribution is -2.36. The minimum atomic E-state index is -0.207. The standard InChI is InChI=1S/C17H23Cl2NO2/c1-11(7-13-5-6-14(18)9-16(13)19)17(22)20-10-12-3-2-4-15(21)8-12/h5-6,9,11-12,15,21H,2-4,7-8,10H2,1H3,(H,20,22). The molecule has 1 aromatic carbocycles. The number of carbonyl (C=O) groups is 1. The predicted octanol–water partition coefficient (Wildman–Crippen LogP) is 3.84. The van der Waals surface area contributed by atoms with Crippen molar-refractivity contribution in [3.8, 4) is 0 Å². The van der Waals surface area contributed by atoms with Crippen LogP contribution in [0, 0.1) is 11.8 Å². The summed E-state index contributed by atoms with van der Waals surface area (Å²) in [6.07, 6.45) is 4.18. The fraction of sp³-hybridized carbons (Fsp3) is 0.588. The molecule has 2 rings (SSSR count). The van der Waals surface area contributed by atoms with Gasteiger partial charge in [-0.05, 0) is 49.3 Å². The monoisotopic (exact) mass is 343 g/mol. The second-order valence-corrected chi connectivity index (χ2v) is 7.12. The molecule has 3 atom stereocenters. The Morgan fingerprint density at radius 3 is 2.86 bits per heavy atom. The third-order valence-corrected chi connectivity index (χ3v) is 4.90. The van der Waals surface area contributed by atoms with Crippen LogP contribution in [0.3, 0.4) is 0 Å². The SMILES string of the molecule is CC(Cc1ccc(Cl)cc1Cl)C(=O)NCC1CCCC(O)C1. The highest BCUT2D eigenvalue weighted by molar-refractivity contribution is 6.35. The Balaban J connectivity index is 1.81. The van der Waals surface area contributed by atoms with Gasteiger partial charge in [-0.15, -0.1) is 0 Å². The number of amides is 1. The first kappa shape index (κ1) is 17.6. The van der Waals surface area contributed by atoms with Gasteiger partial charge in [0.2, 0.25) is 5.91 Å². The van der Waals surface area contributed by atoms with Crippen molar-refractivity contribution >= 4 is 29.1 Å². The highest BCUT2D eigenvalue weighted by atomic mass is 35.5. The zero-order valence-corrected chi connectivity index (χ0v) is 14.3. The van der Waals surface area contributed by atoms with Crippen LogP contribution in [0.4, 0.5) is 0 Å². The first-order valence-electron chi connectivity index (χ1n) is 7.85. The Kier molecular flexibility index (Phi) is 6.54. The Morgan fingerprint density at radius 2 is 2.18 bits per heavy atom. The highest BCUT2D eigenvalue weighted by Gasteiger charge is 2.22. The number of aliphatic hydroxyl groups excluding tert-OH is 1. The Morgan fingerprint density at radius 1 is 1.41 bits per heavy atom. The van der Waals surface area contributed by atoms with Gasteiger partial charge in [0.15, 0.2) is 0 Å². The summed E-state index contributed by atoms with van der Waals surface area (Å²) in [5.74, 6) is 0.275. The Labute approximate surface area is 142 Å². The molecule has 122 valence electrons. The van der Waals surface area contributed by atoms with Crippen LogP contribution in [0.5, 0.6) is 0 Å². The zero-order chi connectivity index (χ0) is 16.1. The number of rotatable bonds is 5. The lowest BCUT2D eigenvalue weighted by molar-refractivity contribution is -0.124. The van der Waals surface area contributed by atoms with Gasteiger partial charge in [0, 0.05) is 22.5 Å². The van der Waals surface area contributed by atoms with Crippen LogP contribution in [-0.2, 0) is 11.2 Å². The molecule has 0 heterocycles. The molecule has 1 fully saturated rings. The smallest absolute Gasteiger partial charge is 0.223 e. The molecule has 0 aliphatic heterocycles. The summed E-state index contributed by atoms with van der Waals surface area (Å²) >= 11 is 12.0. The predicted molar refractivity (Wildman–Crippen MR) is 90.3 cm³/mol. The van der Waals surface area contributed by atoms with Gasteiger partial charge < -0.3 is 10.4 Å². The van der Waals surface area contributed by atoms with E-state index in [4.69, 9.17) is 23.2 Å². The van der Waals surface area contributed by atoms with E-state index in [-0.39, 0.29) is 17.9 Å². The molecule has 1 amide bonds. The lowest BCUT2D eigenvalue weighted by atomic mass is 9.87. The molecule has 0 saturated heterocycles. The van der Waals surface area contributed by atoms with Gasteiger partial charge in [-0.2, -0.15) is 0 Å². The van der Waals surface area contributed by atoms with Crippen LogP contribution < -0.4 is 5.32 Å². The van der Waals surface area contributed by atoms with Gasteiger partial charge in [-0.3, -0.25) is 4.79 Å². The highest BCUT2D eigenvalue weighted by Crippen LogP contribution is 2.25. The number of nitrogens with one attached hydrogen (secondary N) is 1. The quantitative estimate of drug-likeness (QED) is 0.853. The Bertz CT molecular complexity index is 521. The van der Waals surface area contributed by atoms with E-state index in [1.54, 1.807) is 12.1 Å². The number of halogens is 2. The molecule has 1 aliphatic carbocycles. The molecule has 0 spiro atoms. The molecule has 1 aliphatic rings. The molecule has 22 heavy (non-hydrogen) atoms. The minimum absolute atomic E-state index is 0.0334. The minimum Gasteiger partial charge on any atom is -0.393 e. The molecule has 5 heteroatoms. The van der Waals surface area contributed by atoms with E-state index in [0.717, 1.165) is 31.2 Å². The van der Waals surface area contributed by atoms with Gasteiger partial charge >= 0.3 is 0 Å². The molecular weight excluding hydrogens is 321 g/mol. The van der Waals surface area contributed by atoms with Crippen molar-refractivity contribution in [2.45, 2.75) is 45.1 Å². The average Bonchev–Trinajstić information content (AvgIpc) is 2.47. The fourth-order valence-corrected chi connectivity index (χ4v) is 3.46. The molecule has 0 aromatic heterocycles.